The molecule has 0 atom stereocenters. The largest absolute Gasteiger partial charge is 0.310 e. The van der Waals surface area contributed by atoms with Crippen LogP contribution in [-0.4, -0.2) is 0 Å². The molecule has 0 saturated heterocycles. The summed E-state index contributed by atoms with van der Waals surface area (Å²) >= 11 is 0. The summed E-state index contributed by atoms with van der Waals surface area (Å²) in [6.45, 7) is 9.50. The zero-order valence-electron chi connectivity index (χ0n) is 36.2. The van der Waals surface area contributed by atoms with Crippen LogP contribution < -0.4 is 4.90 Å². The molecule has 1 heteroatoms. The Morgan fingerprint density at radius 1 is 0.302 bits per heavy atom. The normalized spacial score (nSPS) is 14.0. The fourth-order valence-electron chi connectivity index (χ4n) is 11.3. The van der Waals surface area contributed by atoms with Gasteiger partial charge in [0.15, 0.2) is 0 Å². The molecule has 0 radical (unpaired) electrons. The molecule has 0 heterocycles. The Morgan fingerprint density at radius 3 is 1.49 bits per heavy atom. The molecule has 63 heavy (non-hydrogen) atoms. The monoisotopic (exact) mass is 805 g/mol. The molecule has 0 amide bonds. The van der Waals surface area contributed by atoms with Crippen LogP contribution in [0.25, 0.3) is 77.2 Å². The van der Waals surface area contributed by atoms with Crippen LogP contribution in [0, 0.1) is 0 Å². The van der Waals surface area contributed by atoms with Crippen molar-refractivity contribution in [1.82, 2.24) is 0 Å². The number of hydrogen-bond donors (Lipinski definition) is 0. The Morgan fingerprint density at radius 2 is 0.794 bits per heavy atom. The molecule has 0 unspecified atom stereocenters. The Labute approximate surface area is 370 Å². The van der Waals surface area contributed by atoms with Crippen molar-refractivity contribution in [1.29, 1.82) is 0 Å². The van der Waals surface area contributed by atoms with Crippen LogP contribution in [0.3, 0.4) is 0 Å². The summed E-state index contributed by atoms with van der Waals surface area (Å²) in [5, 5.41) is 5.01. The van der Waals surface area contributed by atoms with Gasteiger partial charge in [0.1, 0.15) is 0 Å². The maximum absolute atomic E-state index is 2.51. The fraction of sp³-hybridized carbons (Fsp3) is 0.0968. The summed E-state index contributed by atoms with van der Waals surface area (Å²) in [4.78, 5) is 2.51. The molecule has 0 bridgehead atoms. The van der Waals surface area contributed by atoms with Crippen LogP contribution >= 0.6 is 0 Å². The Kier molecular flexibility index (Phi) is 8.30. The average molecular weight is 806 g/mol. The van der Waals surface area contributed by atoms with Gasteiger partial charge in [-0.25, -0.2) is 0 Å². The third kappa shape index (κ3) is 5.56. The van der Waals surface area contributed by atoms with E-state index in [0.717, 1.165) is 17.1 Å². The molecule has 10 aromatic rings. The Bertz CT molecular complexity index is 3440. The highest BCUT2D eigenvalue weighted by molar-refractivity contribution is 6.22. The third-order valence-electron chi connectivity index (χ3n) is 14.3. The van der Waals surface area contributed by atoms with Gasteiger partial charge in [-0.3, -0.25) is 0 Å². The lowest BCUT2D eigenvalue weighted by molar-refractivity contribution is 0.660. The van der Waals surface area contributed by atoms with Gasteiger partial charge in [-0.15, -0.1) is 0 Å². The van der Waals surface area contributed by atoms with Gasteiger partial charge in [0.2, 0.25) is 0 Å². The van der Waals surface area contributed by atoms with E-state index < -0.39 is 0 Å². The van der Waals surface area contributed by atoms with Crippen LogP contribution in [0.4, 0.5) is 17.1 Å². The standard InChI is InChI=1S/C62H47N/c1-61(2)54-30-15-12-23-47(54)49-38-37-43(39-56(49)61)63(42-35-33-40(34-36-42)44-28-18-29-52-48-24-13-16-31-55(48)62(3,4)60(44)52)57-32-17-14-27-53(57)59-51-26-11-9-22-46(51)45-21-8-10-25-50(45)58(59)41-19-6-5-7-20-41/h5-39H,1-4H3. The smallest absolute Gasteiger partial charge is 0.0540 e. The molecular weight excluding hydrogens is 759 g/mol. The summed E-state index contributed by atoms with van der Waals surface area (Å²) in [5.74, 6) is 0. The predicted octanol–water partition coefficient (Wildman–Crippen LogP) is 17.1. The number of para-hydroxylation sites is 1. The quantitative estimate of drug-likeness (QED) is 0.151. The number of rotatable bonds is 6. The van der Waals surface area contributed by atoms with Crippen molar-refractivity contribution in [2.24, 2.45) is 0 Å². The first-order chi connectivity index (χ1) is 30.8. The number of fused-ring (bicyclic) bond motifs is 9. The summed E-state index contributed by atoms with van der Waals surface area (Å²) in [6, 6.07) is 79.1. The molecule has 10 aromatic carbocycles. The van der Waals surface area contributed by atoms with Gasteiger partial charge in [0.25, 0.3) is 0 Å². The number of nitrogens with zero attached hydrogens (tertiary/aromatic N) is 1. The summed E-state index contributed by atoms with van der Waals surface area (Å²) < 4.78 is 0. The van der Waals surface area contributed by atoms with E-state index in [1.54, 1.807) is 0 Å². The van der Waals surface area contributed by atoms with Gasteiger partial charge >= 0.3 is 0 Å². The molecule has 0 aliphatic heterocycles. The molecule has 0 aromatic heterocycles. The molecule has 0 spiro atoms. The maximum Gasteiger partial charge on any atom is 0.0540 e. The van der Waals surface area contributed by atoms with E-state index in [2.05, 4.69) is 245 Å². The Balaban J connectivity index is 1.10. The molecule has 0 fully saturated rings. The highest BCUT2D eigenvalue weighted by Crippen LogP contribution is 2.55. The zero-order chi connectivity index (χ0) is 42.5. The van der Waals surface area contributed by atoms with Crippen LogP contribution in [0.2, 0.25) is 0 Å². The third-order valence-corrected chi connectivity index (χ3v) is 14.3. The molecule has 12 rings (SSSR count). The van der Waals surface area contributed by atoms with Crippen molar-refractivity contribution in [2.45, 2.75) is 38.5 Å². The van der Waals surface area contributed by atoms with E-state index in [9.17, 15) is 0 Å². The van der Waals surface area contributed by atoms with Gasteiger partial charge in [-0.05, 0) is 119 Å². The lowest BCUT2D eigenvalue weighted by Crippen LogP contribution is -2.17. The molecule has 300 valence electrons. The van der Waals surface area contributed by atoms with Crippen LogP contribution in [0.1, 0.15) is 49.9 Å². The molecule has 1 nitrogen and oxygen atoms in total. The second-order valence-corrected chi connectivity index (χ2v) is 18.4. The van der Waals surface area contributed by atoms with Crippen molar-refractivity contribution < 1.29 is 0 Å². The van der Waals surface area contributed by atoms with Crippen molar-refractivity contribution in [3.8, 4) is 55.6 Å². The van der Waals surface area contributed by atoms with E-state index in [0.29, 0.717) is 0 Å². The number of benzene rings is 10. The van der Waals surface area contributed by atoms with Crippen molar-refractivity contribution in [3.05, 3.63) is 235 Å². The topological polar surface area (TPSA) is 3.24 Å². The molecule has 0 N–H and O–H groups in total. The first-order valence-corrected chi connectivity index (χ1v) is 22.3. The van der Waals surface area contributed by atoms with E-state index in [1.165, 1.54) is 99.4 Å². The van der Waals surface area contributed by atoms with Crippen molar-refractivity contribution in [2.75, 3.05) is 4.90 Å². The highest BCUT2D eigenvalue weighted by Gasteiger charge is 2.38. The van der Waals surface area contributed by atoms with E-state index >= 15 is 0 Å². The second kappa shape index (κ2) is 14.0. The SMILES string of the molecule is CC1(C)c2ccccc2-c2ccc(N(c3ccc(-c4cccc5c4C(C)(C)c4ccccc4-5)cc3)c3ccccc3-c3c(-c4ccccc4)c4ccccc4c4ccccc34)cc21. The average Bonchev–Trinajstić information content (AvgIpc) is 3.71. The minimum absolute atomic E-state index is 0.111. The van der Waals surface area contributed by atoms with E-state index in [4.69, 9.17) is 0 Å². The zero-order valence-corrected chi connectivity index (χ0v) is 36.2. The molecular formula is C62H47N. The van der Waals surface area contributed by atoms with Crippen molar-refractivity contribution in [3.63, 3.8) is 0 Å². The molecule has 2 aliphatic rings. The van der Waals surface area contributed by atoms with Gasteiger partial charge in [0.05, 0.1) is 5.69 Å². The first kappa shape index (κ1) is 37.3. The van der Waals surface area contributed by atoms with Gasteiger partial charge in [-0.2, -0.15) is 0 Å². The fourth-order valence-corrected chi connectivity index (χ4v) is 11.3. The number of hydrogen-bond acceptors (Lipinski definition) is 1. The van der Waals surface area contributed by atoms with Crippen LogP contribution in [0.5, 0.6) is 0 Å². The number of anilines is 3. The minimum Gasteiger partial charge on any atom is -0.310 e. The summed E-state index contributed by atoms with van der Waals surface area (Å²) in [5.41, 5.74) is 21.4. The van der Waals surface area contributed by atoms with Crippen molar-refractivity contribution >= 4 is 38.6 Å². The lowest BCUT2D eigenvalue weighted by atomic mass is 9.79. The van der Waals surface area contributed by atoms with E-state index in [1.807, 2.05) is 0 Å². The highest BCUT2D eigenvalue weighted by atomic mass is 15.1. The van der Waals surface area contributed by atoms with E-state index in [-0.39, 0.29) is 10.8 Å². The summed E-state index contributed by atoms with van der Waals surface area (Å²) in [6.07, 6.45) is 0. The van der Waals surface area contributed by atoms with Crippen LogP contribution in [0.15, 0.2) is 212 Å². The van der Waals surface area contributed by atoms with Crippen LogP contribution in [-0.2, 0) is 10.8 Å². The molecule has 2 aliphatic carbocycles. The summed E-state index contributed by atoms with van der Waals surface area (Å²) in [7, 11) is 0. The Hall–Kier alpha value is -7.48. The van der Waals surface area contributed by atoms with Gasteiger partial charge in [0, 0.05) is 33.3 Å². The first-order valence-electron chi connectivity index (χ1n) is 22.3. The van der Waals surface area contributed by atoms with Gasteiger partial charge in [-0.1, -0.05) is 210 Å². The minimum atomic E-state index is -0.149. The predicted molar refractivity (Wildman–Crippen MR) is 268 cm³/mol. The second-order valence-electron chi connectivity index (χ2n) is 18.4. The molecule has 0 saturated carbocycles. The maximum atomic E-state index is 2.51. The lowest BCUT2D eigenvalue weighted by Gasteiger charge is -2.31. The van der Waals surface area contributed by atoms with Gasteiger partial charge < -0.3 is 4.90 Å².